The van der Waals surface area contributed by atoms with Crippen LogP contribution >= 0.6 is 22.9 Å². The molecule has 1 N–H and O–H groups in total. The first-order valence-electron chi connectivity index (χ1n) is 5.72. The van der Waals surface area contributed by atoms with Crippen LogP contribution in [0.2, 0.25) is 5.02 Å². The molecule has 0 aliphatic carbocycles. The summed E-state index contributed by atoms with van der Waals surface area (Å²) in [6.45, 7) is 1.53. The molecule has 0 spiro atoms. The third-order valence-electron chi connectivity index (χ3n) is 2.53. The summed E-state index contributed by atoms with van der Waals surface area (Å²) in [7, 11) is 0. The average molecular weight is 311 g/mol. The Kier molecular flexibility index (Phi) is 4.42. The predicted octanol–water partition coefficient (Wildman–Crippen LogP) is 3.46. The fourth-order valence-corrected chi connectivity index (χ4v) is 2.50. The average Bonchev–Trinajstić information content (AvgIpc) is 2.82. The van der Waals surface area contributed by atoms with E-state index in [1.54, 1.807) is 6.07 Å². The highest BCUT2D eigenvalue weighted by Gasteiger charge is 2.16. The van der Waals surface area contributed by atoms with Crippen molar-refractivity contribution in [2.45, 2.75) is 6.92 Å². The minimum Gasteiger partial charge on any atom is -0.507 e. The molecule has 1 heterocycles. The van der Waals surface area contributed by atoms with Gasteiger partial charge in [0.2, 0.25) is 5.78 Å². The van der Waals surface area contributed by atoms with Crippen LogP contribution in [0, 0.1) is 6.92 Å². The van der Waals surface area contributed by atoms with Gasteiger partial charge in [-0.15, -0.1) is 11.3 Å². The smallest absolute Gasteiger partial charge is 0.342 e. The number of phenolic OH excluding ortho intramolecular Hbond substituents is 1. The molecule has 0 aliphatic rings. The van der Waals surface area contributed by atoms with Gasteiger partial charge in [-0.3, -0.25) is 4.79 Å². The molecular formula is C14H11ClO4S. The van der Waals surface area contributed by atoms with Gasteiger partial charge in [0.25, 0.3) is 0 Å². The number of aromatic hydroxyl groups is 1. The number of Topliss-reactive ketones (excluding diaryl/α,β-unsaturated/α-hetero) is 1. The van der Waals surface area contributed by atoms with E-state index in [0.29, 0.717) is 9.90 Å². The van der Waals surface area contributed by atoms with Crippen LogP contribution in [-0.2, 0) is 4.74 Å². The topological polar surface area (TPSA) is 63.6 Å². The highest BCUT2D eigenvalue weighted by atomic mass is 35.5. The number of thiophene rings is 1. The Morgan fingerprint density at radius 3 is 2.65 bits per heavy atom. The molecule has 1 aromatic carbocycles. The van der Waals surface area contributed by atoms with Crippen LogP contribution in [0.3, 0.4) is 0 Å². The third kappa shape index (κ3) is 3.37. The standard InChI is InChI=1S/C14H11ClO4S/c1-8-2-5-13(20-8)12(17)7-19-14(18)10-4-3-9(15)6-11(10)16/h2-6,16H,7H2,1H3. The Bertz CT molecular complexity index is 663. The molecule has 0 aliphatic heterocycles. The number of carbonyl (C=O) groups excluding carboxylic acids is 2. The van der Waals surface area contributed by atoms with E-state index in [4.69, 9.17) is 16.3 Å². The van der Waals surface area contributed by atoms with Crippen molar-refractivity contribution in [3.8, 4) is 5.75 Å². The number of esters is 1. The number of halogens is 1. The first kappa shape index (κ1) is 14.6. The normalized spacial score (nSPS) is 10.3. The monoisotopic (exact) mass is 310 g/mol. The maximum Gasteiger partial charge on any atom is 0.342 e. The second-order valence-electron chi connectivity index (χ2n) is 4.07. The predicted molar refractivity (Wildman–Crippen MR) is 76.8 cm³/mol. The number of ketones is 1. The quantitative estimate of drug-likeness (QED) is 0.694. The number of aryl methyl sites for hydroxylation is 1. The molecule has 104 valence electrons. The van der Waals surface area contributed by atoms with Gasteiger partial charge in [-0.25, -0.2) is 4.79 Å². The van der Waals surface area contributed by atoms with Gasteiger partial charge >= 0.3 is 5.97 Å². The number of phenols is 1. The van der Waals surface area contributed by atoms with Gasteiger partial charge in [-0.1, -0.05) is 11.6 Å². The molecule has 0 radical (unpaired) electrons. The number of hydrogen-bond acceptors (Lipinski definition) is 5. The van der Waals surface area contributed by atoms with Gasteiger partial charge in [0, 0.05) is 9.90 Å². The van der Waals surface area contributed by atoms with Gasteiger partial charge < -0.3 is 9.84 Å². The molecular weight excluding hydrogens is 300 g/mol. The van der Waals surface area contributed by atoms with E-state index in [0.717, 1.165) is 4.88 Å². The summed E-state index contributed by atoms with van der Waals surface area (Å²) in [5, 5.41) is 9.89. The van der Waals surface area contributed by atoms with Crippen molar-refractivity contribution in [3.05, 3.63) is 50.7 Å². The molecule has 1 aromatic heterocycles. The lowest BCUT2D eigenvalue weighted by Crippen LogP contribution is -2.13. The largest absolute Gasteiger partial charge is 0.507 e. The fraction of sp³-hybridized carbons (Fsp3) is 0.143. The van der Waals surface area contributed by atoms with Gasteiger partial charge in [-0.05, 0) is 37.3 Å². The minimum atomic E-state index is -0.763. The number of rotatable bonds is 4. The number of ether oxygens (including phenoxy) is 1. The van der Waals surface area contributed by atoms with E-state index >= 15 is 0 Å². The van der Waals surface area contributed by atoms with Crippen LogP contribution in [0.15, 0.2) is 30.3 Å². The fourth-order valence-electron chi connectivity index (χ4n) is 1.54. The third-order valence-corrected chi connectivity index (χ3v) is 3.81. The van der Waals surface area contributed by atoms with Crippen molar-refractivity contribution >= 4 is 34.7 Å². The zero-order valence-electron chi connectivity index (χ0n) is 10.6. The molecule has 0 amide bonds. The summed E-state index contributed by atoms with van der Waals surface area (Å²) in [6, 6.07) is 7.56. The van der Waals surface area contributed by atoms with Gasteiger partial charge in [-0.2, -0.15) is 0 Å². The second-order valence-corrected chi connectivity index (χ2v) is 5.80. The van der Waals surface area contributed by atoms with Gasteiger partial charge in [0.1, 0.15) is 11.3 Å². The van der Waals surface area contributed by atoms with Crippen LogP contribution in [0.4, 0.5) is 0 Å². The molecule has 0 saturated heterocycles. The van der Waals surface area contributed by atoms with Crippen molar-refractivity contribution in [2.75, 3.05) is 6.61 Å². The highest BCUT2D eigenvalue weighted by molar-refractivity contribution is 7.14. The molecule has 0 bridgehead atoms. The van der Waals surface area contributed by atoms with Crippen molar-refractivity contribution in [2.24, 2.45) is 0 Å². The zero-order chi connectivity index (χ0) is 14.7. The van der Waals surface area contributed by atoms with Gasteiger partial charge in [0.05, 0.1) is 4.88 Å². The van der Waals surface area contributed by atoms with Crippen LogP contribution in [0.5, 0.6) is 5.75 Å². The van der Waals surface area contributed by atoms with Crippen molar-refractivity contribution in [3.63, 3.8) is 0 Å². The van der Waals surface area contributed by atoms with Crippen LogP contribution in [0.1, 0.15) is 24.9 Å². The van der Waals surface area contributed by atoms with Crippen LogP contribution in [0.25, 0.3) is 0 Å². The number of benzene rings is 1. The minimum absolute atomic E-state index is 0.0236. The van der Waals surface area contributed by atoms with Crippen LogP contribution < -0.4 is 0 Å². The molecule has 2 rings (SSSR count). The van der Waals surface area contributed by atoms with Crippen molar-refractivity contribution in [1.29, 1.82) is 0 Å². The lowest BCUT2D eigenvalue weighted by Gasteiger charge is -2.05. The van der Waals surface area contributed by atoms with E-state index in [1.807, 2.05) is 13.0 Å². The maximum atomic E-state index is 11.8. The summed E-state index contributed by atoms with van der Waals surface area (Å²) < 4.78 is 4.89. The summed E-state index contributed by atoms with van der Waals surface area (Å²) in [6.07, 6.45) is 0. The number of carbonyl (C=O) groups is 2. The summed E-state index contributed by atoms with van der Waals surface area (Å²) >= 11 is 7.01. The van der Waals surface area contributed by atoms with Crippen LogP contribution in [-0.4, -0.2) is 23.5 Å². The highest BCUT2D eigenvalue weighted by Crippen LogP contribution is 2.23. The Morgan fingerprint density at radius 2 is 2.05 bits per heavy atom. The molecule has 6 heteroatoms. The molecule has 0 saturated carbocycles. The summed E-state index contributed by atoms with van der Waals surface area (Å²) in [5.41, 5.74) is -0.0236. The van der Waals surface area contributed by atoms with E-state index in [9.17, 15) is 14.7 Å². The Labute approximate surface area is 124 Å². The maximum absolute atomic E-state index is 11.8. The summed E-state index contributed by atoms with van der Waals surface area (Å²) in [5.74, 6) is -1.31. The first-order valence-corrected chi connectivity index (χ1v) is 6.92. The Balaban J connectivity index is 2.00. The molecule has 4 nitrogen and oxygen atoms in total. The van der Waals surface area contributed by atoms with Gasteiger partial charge in [0.15, 0.2) is 6.61 Å². The van der Waals surface area contributed by atoms with Crippen molar-refractivity contribution in [1.82, 2.24) is 0 Å². The van der Waals surface area contributed by atoms with E-state index < -0.39 is 5.97 Å². The van der Waals surface area contributed by atoms with Crippen molar-refractivity contribution < 1.29 is 19.4 Å². The number of hydrogen-bond donors (Lipinski definition) is 1. The Hall–Kier alpha value is -1.85. The molecule has 2 aromatic rings. The van der Waals surface area contributed by atoms with E-state index in [2.05, 4.69) is 0 Å². The SMILES string of the molecule is Cc1ccc(C(=O)COC(=O)c2ccc(Cl)cc2O)s1. The first-order chi connectivity index (χ1) is 9.47. The summed E-state index contributed by atoms with van der Waals surface area (Å²) in [4.78, 5) is 25.1. The lowest BCUT2D eigenvalue weighted by molar-refractivity contribution is 0.0473. The second kappa shape index (κ2) is 6.07. The van der Waals surface area contributed by atoms with E-state index in [-0.39, 0.29) is 23.7 Å². The molecule has 0 atom stereocenters. The Morgan fingerprint density at radius 1 is 1.30 bits per heavy atom. The van der Waals surface area contributed by atoms with E-state index in [1.165, 1.54) is 29.5 Å². The molecule has 0 unspecified atom stereocenters. The molecule has 20 heavy (non-hydrogen) atoms. The zero-order valence-corrected chi connectivity index (χ0v) is 12.1. The molecule has 0 fully saturated rings. The lowest BCUT2D eigenvalue weighted by atomic mass is 10.2.